The van der Waals surface area contributed by atoms with Crippen molar-refractivity contribution in [1.29, 1.82) is 0 Å². The van der Waals surface area contributed by atoms with E-state index in [0.717, 1.165) is 5.56 Å². The van der Waals surface area contributed by atoms with Crippen molar-refractivity contribution in [3.63, 3.8) is 0 Å². The van der Waals surface area contributed by atoms with E-state index in [2.05, 4.69) is 5.32 Å². The van der Waals surface area contributed by atoms with Crippen molar-refractivity contribution in [3.05, 3.63) is 23.8 Å². The molecule has 0 aromatic heterocycles. The van der Waals surface area contributed by atoms with Gasteiger partial charge >= 0.3 is 5.97 Å². The molecule has 2 rings (SSSR count). The minimum absolute atomic E-state index is 0.0656. The van der Waals surface area contributed by atoms with Crippen molar-refractivity contribution in [2.45, 2.75) is 38.3 Å². The van der Waals surface area contributed by atoms with Crippen molar-refractivity contribution in [3.8, 4) is 11.5 Å². The fourth-order valence-electron chi connectivity index (χ4n) is 2.79. The number of rotatable bonds is 8. The lowest BCUT2D eigenvalue weighted by Crippen LogP contribution is -2.42. The molecule has 0 spiro atoms. The highest BCUT2D eigenvalue weighted by Crippen LogP contribution is 2.23. The van der Waals surface area contributed by atoms with E-state index in [1.807, 2.05) is 0 Å². The molecule has 27 heavy (non-hydrogen) atoms. The van der Waals surface area contributed by atoms with Crippen molar-refractivity contribution < 1.29 is 32.2 Å². The maximum atomic E-state index is 12.1. The topological polar surface area (TPSA) is 108 Å². The average molecular weight is 399 g/mol. The Morgan fingerprint density at radius 3 is 2.33 bits per heavy atom. The highest BCUT2D eigenvalue weighted by atomic mass is 32.2. The predicted octanol–water partition coefficient (Wildman–Crippen LogP) is 0.871. The van der Waals surface area contributed by atoms with Crippen LogP contribution in [-0.2, 0) is 30.6 Å². The molecular weight excluding hydrogens is 374 g/mol. The van der Waals surface area contributed by atoms with Gasteiger partial charge in [0.05, 0.1) is 25.7 Å². The smallest absolute Gasteiger partial charge is 0.306 e. The van der Waals surface area contributed by atoms with Gasteiger partial charge < -0.3 is 19.5 Å². The van der Waals surface area contributed by atoms with E-state index in [-0.39, 0.29) is 17.9 Å². The fourth-order valence-corrected chi connectivity index (χ4v) is 4.47. The third-order valence-electron chi connectivity index (χ3n) is 4.29. The van der Waals surface area contributed by atoms with Crippen molar-refractivity contribution in [1.82, 2.24) is 5.32 Å². The molecule has 1 aliphatic heterocycles. The van der Waals surface area contributed by atoms with Crippen LogP contribution < -0.4 is 14.8 Å². The Morgan fingerprint density at radius 2 is 1.81 bits per heavy atom. The van der Waals surface area contributed by atoms with Crippen LogP contribution >= 0.6 is 0 Å². The second-order valence-electron chi connectivity index (χ2n) is 6.46. The summed E-state index contributed by atoms with van der Waals surface area (Å²) in [6.07, 6.45) is -0.111. The van der Waals surface area contributed by atoms with E-state index >= 15 is 0 Å². The molecule has 1 N–H and O–H groups in total. The Bertz CT molecular complexity index is 769. The summed E-state index contributed by atoms with van der Waals surface area (Å²) in [4.78, 5) is 24.1. The Labute approximate surface area is 159 Å². The molecule has 0 unspecified atom stereocenters. The molecule has 1 heterocycles. The van der Waals surface area contributed by atoms with Gasteiger partial charge in [0.25, 0.3) is 5.91 Å². The summed E-state index contributed by atoms with van der Waals surface area (Å²) in [5.74, 6) is 0.230. The third-order valence-corrected chi connectivity index (χ3v) is 6.05. The van der Waals surface area contributed by atoms with E-state index in [0.29, 0.717) is 24.3 Å². The Balaban J connectivity index is 1.82. The zero-order chi connectivity index (χ0) is 20.0. The molecule has 0 radical (unpaired) electrons. The van der Waals surface area contributed by atoms with Crippen LogP contribution in [0, 0.1) is 0 Å². The zero-order valence-electron chi connectivity index (χ0n) is 15.7. The number of benzene rings is 1. The van der Waals surface area contributed by atoms with Crippen LogP contribution in [0.3, 0.4) is 0 Å². The summed E-state index contributed by atoms with van der Waals surface area (Å²) >= 11 is 0. The first kappa shape index (κ1) is 21.0. The minimum Gasteiger partial charge on any atom is -0.497 e. The fraction of sp³-hybridized carbons (Fsp3) is 0.556. The van der Waals surface area contributed by atoms with Crippen LogP contribution in [0.25, 0.3) is 0 Å². The third kappa shape index (κ3) is 6.42. The summed E-state index contributed by atoms with van der Waals surface area (Å²) in [7, 11) is 0.00506. The van der Waals surface area contributed by atoms with Gasteiger partial charge in [0.15, 0.2) is 15.9 Å². The molecule has 1 aromatic rings. The Hall–Kier alpha value is -2.29. The van der Waals surface area contributed by atoms with Crippen LogP contribution in [0.2, 0.25) is 0 Å². The van der Waals surface area contributed by atoms with Gasteiger partial charge in [-0.05, 0) is 37.5 Å². The monoisotopic (exact) mass is 399 g/mol. The Kier molecular flexibility index (Phi) is 7.06. The number of carbonyl (C=O) groups is 2. The first-order valence-corrected chi connectivity index (χ1v) is 10.5. The summed E-state index contributed by atoms with van der Waals surface area (Å²) in [6, 6.07) is 4.91. The van der Waals surface area contributed by atoms with Gasteiger partial charge in [0.2, 0.25) is 0 Å². The van der Waals surface area contributed by atoms with Crippen LogP contribution in [0.1, 0.15) is 25.3 Å². The number of ether oxygens (including phenoxy) is 3. The molecule has 1 aliphatic rings. The van der Waals surface area contributed by atoms with E-state index in [1.54, 1.807) is 32.4 Å². The minimum atomic E-state index is -3.08. The standard InChI is InChI=1S/C18H25NO7S/c1-12(18(21)19-14-6-7-27(22,23)11-14)26-17(20)5-4-13-8-15(24-2)10-16(9-13)25-3/h8-10,12,14H,4-7,11H2,1-3H3,(H,19,21)/t12-,14+/m1/s1. The molecule has 1 amide bonds. The second kappa shape index (κ2) is 9.07. The van der Waals surface area contributed by atoms with Gasteiger partial charge in [-0.15, -0.1) is 0 Å². The average Bonchev–Trinajstić information content (AvgIpc) is 2.97. The van der Waals surface area contributed by atoms with Crippen LogP contribution in [0.4, 0.5) is 0 Å². The quantitative estimate of drug-likeness (QED) is 0.646. The molecule has 1 aromatic carbocycles. The lowest BCUT2D eigenvalue weighted by atomic mass is 10.1. The summed E-state index contributed by atoms with van der Waals surface area (Å²) in [5.41, 5.74) is 0.844. The van der Waals surface area contributed by atoms with Gasteiger partial charge in [-0.25, -0.2) is 8.42 Å². The second-order valence-corrected chi connectivity index (χ2v) is 8.69. The first-order chi connectivity index (χ1) is 12.7. The Morgan fingerprint density at radius 1 is 1.19 bits per heavy atom. The maximum absolute atomic E-state index is 12.1. The van der Waals surface area contributed by atoms with E-state index in [1.165, 1.54) is 6.92 Å². The molecule has 1 fully saturated rings. The van der Waals surface area contributed by atoms with Crippen LogP contribution in [-0.4, -0.2) is 58.2 Å². The van der Waals surface area contributed by atoms with Crippen molar-refractivity contribution >= 4 is 21.7 Å². The summed E-state index contributed by atoms with van der Waals surface area (Å²) < 4.78 is 38.4. The molecule has 8 nitrogen and oxygen atoms in total. The van der Waals surface area contributed by atoms with Gasteiger partial charge in [-0.1, -0.05) is 0 Å². The molecule has 1 saturated heterocycles. The number of methoxy groups -OCH3 is 2. The number of amides is 1. The highest BCUT2D eigenvalue weighted by molar-refractivity contribution is 7.91. The van der Waals surface area contributed by atoms with Crippen LogP contribution in [0.5, 0.6) is 11.5 Å². The highest BCUT2D eigenvalue weighted by Gasteiger charge is 2.30. The van der Waals surface area contributed by atoms with Crippen molar-refractivity contribution in [2.24, 2.45) is 0 Å². The van der Waals surface area contributed by atoms with E-state index < -0.39 is 33.9 Å². The first-order valence-electron chi connectivity index (χ1n) is 8.64. The predicted molar refractivity (Wildman–Crippen MR) is 98.6 cm³/mol. The molecule has 2 atom stereocenters. The molecule has 150 valence electrons. The van der Waals surface area contributed by atoms with Gasteiger partial charge in [-0.2, -0.15) is 0 Å². The normalized spacial score (nSPS) is 19.1. The SMILES string of the molecule is COc1cc(CCC(=O)O[C@H](C)C(=O)N[C@H]2CCS(=O)(=O)C2)cc(OC)c1. The molecule has 9 heteroatoms. The number of esters is 1. The summed E-state index contributed by atoms with van der Waals surface area (Å²) in [6.45, 7) is 1.46. The van der Waals surface area contributed by atoms with Gasteiger partial charge in [0.1, 0.15) is 11.5 Å². The molecule has 0 aliphatic carbocycles. The number of nitrogens with one attached hydrogen (secondary N) is 1. The zero-order valence-corrected chi connectivity index (χ0v) is 16.5. The number of sulfone groups is 1. The number of aryl methyl sites for hydroxylation is 1. The van der Waals surface area contributed by atoms with Crippen molar-refractivity contribution in [2.75, 3.05) is 25.7 Å². The number of hydrogen-bond acceptors (Lipinski definition) is 7. The summed E-state index contributed by atoms with van der Waals surface area (Å²) in [5, 5.41) is 2.62. The molecular formula is C18H25NO7S. The number of hydrogen-bond donors (Lipinski definition) is 1. The molecule has 0 saturated carbocycles. The van der Waals surface area contributed by atoms with E-state index in [4.69, 9.17) is 14.2 Å². The van der Waals surface area contributed by atoms with Gasteiger partial charge in [0, 0.05) is 18.5 Å². The maximum Gasteiger partial charge on any atom is 0.306 e. The van der Waals surface area contributed by atoms with Crippen LogP contribution in [0.15, 0.2) is 18.2 Å². The number of carbonyl (C=O) groups excluding carboxylic acids is 2. The van der Waals surface area contributed by atoms with E-state index in [9.17, 15) is 18.0 Å². The lowest BCUT2D eigenvalue weighted by Gasteiger charge is -2.16. The largest absolute Gasteiger partial charge is 0.497 e. The van der Waals surface area contributed by atoms with Gasteiger partial charge in [-0.3, -0.25) is 9.59 Å². The lowest BCUT2D eigenvalue weighted by molar-refractivity contribution is -0.155. The molecule has 0 bridgehead atoms.